The van der Waals surface area contributed by atoms with Crippen LogP contribution in [0.2, 0.25) is 13.1 Å². The molecule has 4 aliphatic rings. The van der Waals surface area contributed by atoms with E-state index < -0.39 is 13.9 Å². The van der Waals surface area contributed by atoms with Crippen LogP contribution in [0.3, 0.4) is 0 Å². The molecule has 0 spiro atoms. The zero-order chi connectivity index (χ0) is 21.2. The number of nitriles is 1. The molecule has 0 bridgehead atoms. The van der Waals surface area contributed by atoms with Crippen molar-refractivity contribution in [3.05, 3.63) is 11.6 Å². The van der Waals surface area contributed by atoms with Gasteiger partial charge in [-0.15, -0.1) is 0 Å². The summed E-state index contributed by atoms with van der Waals surface area (Å²) in [5.41, 5.74) is 0.550. The van der Waals surface area contributed by atoms with Gasteiger partial charge in [0.25, 0.3) is 14.6 Å². The van der Waals surface area contributed by atoms with Crippen molar-refractivity contribution in [2.75, 3.05) is 0 Å². The first-order valence-electron chi connectivity index (χ1n) is 11.2. The van der Waals surface area contributed by atoms with Gasteiger partial charge in [0.2, 0.25) is 0 Å². The Balaban J connectivity index is 1.65. The van der Waals surface area contributed by atoms with E-state index in [4.69, 9.17) is 9.69 Å². The Labute approximate surface area is 184 Å². The highest BCUT2D eigenvalue weighted by molar-refractivity contribution is 9.10. The molecule has 0 aromatic heterocycles. The van der Waals surface area contributed by atoms with Gasteiger partial charge in [0.1, 0.15) is 0 Å². The number of hydrogen-bond donors (Lipinski definition) is 1. The minimum atomic E-state index is -2.40. The SMILES string of the molecule is C[C@]12CCC(=O)C=C1CCC1C2CC[C@@]2(C)C1CC[C@]2(O)[C@H](Br)[Si](C)(C)OC#N. The average molecular weight is 481 g/mol. The van der Waals surface area contributed by atoms with Crippen molar-refractivity contribution in [3.63, 3.8) is 0 Å². The van der Waals surface area contributed by atoms with Gasteiger partial charge in [0.15, 0.2) is 5.78 Å². The molecule has 3 saturated carbocycles. The molecule has 0 heterocycles. The number of rotatable bonds is 3. The first kappa shape index (κ1) is 21.6. The van der Waals surface area contributed by atoms with Crippen molar-refractivity contribution in [1.29, 1.82) is 5.26 Å². The lowest BCUT2D eigenvalue weighted by atomic mass is 9.46. The van der Waals surface area contributed by atoms with Crippen LogP contribution in [-0.4, -0.2) is 29.3 Å². The van der Waals surface area contributed by atoms with Crippen molar-refractivity contribution in [2.45, 2.75) is 88.4 Å². The number of carbonyl (C=O) groups excluding carboxylic acids is 1. The van der Waals surface area contributed by atoms with Gasteiger partial charge in [-0.1, -0.05) is 35.4 Å². The molecule has 4 aliphatic carbocycles. The number of carbonyl (C=O) groups is 1. The van der Waals surface area contributed by atoms with Crippen molar-refractivity contribution in [2.24, 2.45) is 28.6 Å². The summed E-state index contributed by atoms with van der Waals surface area (Å²) in [6.45, 7) is 8.74. The molecule has 0 saturated heterocycles. The molecule has 0 aromatic rings. The number of ketones is 1. The Bertz CT molecular complexity index is 791. The van der Waals surface area contributed by atoms with E-state index in [1.165, 1.54) is 5.57 Å². The molecule has 160 valence electrons. The van der Waals surface area contributed by atoms with E-state index in [1.54, 1.807) is 0 Å². The Morgan fingerprint density at radius 3 is 2.59 bits per heavy atom. The largest absolute Gasteiger partial charge is 0.481 e. The predicted octanol–water partition coefficient (Wildman–Crippen LogP) is 5.25. The highest BCUT2D eigenvalue weighted by Gasteiger charge is 2.67. The standard InChI is InChI=1S/C23H34BrNO3Si/c1-21-10-7-16(26)13-15(21)5-6-17-18(21)8-11-22(2)19(17)9-12-23(22,27)20(24)29(3,4)28-14-25/h13,17-20,27H,5-12H2,1-4H3/t17?,18?,19?,20-,21+,22+,23+/m1/s1. The van der Waals surface area contributed by atoms with Crippen LogP contribution in [0, 0.1) is 40.1 Å². The Hall–Kier alpha value is -0.643. The smallest absolute Gasteiger partial charge is 0.277 e. The quantitative estimate of drug-likeness (QED) is 0.340. The van der Waals surface area contributed by atoms with Gasteiger partial charge in [-0.3, -0.25) is 4.79 Å². The lowest BCUT2D eigenvalue weighted by molar-refractivity contribution is -0.125. The molecule has 7 atom stereocenters. The first-order chi connectivity index (χ1) is 13.5. The van der Waals surface area contributed by atoms with Crippen molar-refractivity contribution in [3.8, 4) is 6.26 Å². The van der Waals surface area contributed by atoms with Crippen LogP contribution >= 0.6 is 15.9 Å². The zero-order valence-corrected chi connectivity index (χ0v) is 20.7. The topological polar surface area (TPSA) is 70.3 Å². The van der Waals surface area contributed by atoms with Crippen molar-refractivity contribution >= 4 is 30.0 Å². The van der Waals surface area contributed by atoms with Gasteiger partial charge in [-0.25, -0.2) is 0 Å². The fraction of sp³-hybridized carbons (Fsp3) is 0.826. The van der Waals surface area contributed by atoms with Crippen LogP contribution in [0.15, 0.2) is 11.6 Å². The third-order valence-electron chi connectivity index (χ3n) is 9.52. The molecule has 4 nitrogen and oxygen atoms in total. The third-order valence-corrected chi connectivity index (χ3v) is 15.9. The molecule has 0 aliphatic heterocycles. The van der Waals surface area contributed by atoms with E-state index in [9.17, 15) is 9.90 Å². The summed E-state index contributed by atoms with van der Waals surface area (Å²) in [4.78, 5) is 12.0. The van der Waals surface area contributed by atoms with Crippen molar-refractivity contribution in [1.82, 2.24) is 0 Å². The lowest BCUT2D eigenvalue weighted by Crippen LogP contribution is -2.63. The molecule has 0 radical (unpaired) electrons. The van der Waals surface area contributed by atoms with Gasteiger partial charge in [-0.2, -0.15) is 5.26 Å². The molecule has 4 rings (SSSR count). The van der Waals surface area contributed by atoms with Crippen LogP contribution in [0.5, 0.6) is 0 Å². The number of nitrogens with zero attached hydrogens (tertiary/aromatic N) is 1. The Morgan fingerprint density at radius 2 is 1.90 bits per heavy atom. The van der Waals surface area contributed by atoms with E-state index >= 15 is 0 Å². The predicted molar refractivity (Wildman–Crippen MR) is 119 cm³/mol. The van der Waals surface area contributed by atoms with E-state index in [0.29, 0.717) is 30.0 Å². The molecule has 1 N–H and O–H groups in total. The normalized spacial score (nSPS) is 45.3. The van der Waals surface area contributed by atoms with Crippen LogP contribution in [0.4, 0.5) is 0 Å². The summed E-state index contributed by atoms with van der Waals surface area (Å²) in [7, 11) is -2.40. The van der Waals surface area contributed by atoms with E-state index in [1.807, 2.05) is 25.4 Å². The number of halogens is 1. The minimum Gasteiger partial charge on any atom is -0.481 e. The van der Waals surface area contributed by atoms with Crippen LogP contribution in [0.1, 0.15) is 65.2 Å². The molecular formula is C23H34BrNO3Si. The number of aliphatic hydroxyl groups is 1. The number of hydrogen-bond acceptors (Lipinski definition) is 4. The molecular weight excluding hydrogens is 446 g/mol. The van der Waals surface area contributed by atoms with E-state index in [0.717, 1.165) is 44.9 Å². The maximum Gasteiger partial charge on any atom is 0.277 e. The van der Waals surface area contributed by atoms with E-state index in [-0.39, 0.29) is 15.3 Å². The second-order valence-corrected chi connectivity index (χ2v) is 16.8. The maximum absolute atomic E-state index is 12.0. The molecule has 29 heavy (non-hydrogen) atoms. The zero-order valence-electron chi connectivity index (χ0n) is 18.1. The van der Waals surface area contributed by atoms with E-state index in [2.05, 4.69) is 29.8 Å². The van der Waals surface area contributed by atoms with Gasteiger partial charge < -0.3 is 9.53 Å². The Kier molecular flexibility index (Phi) is 5.16. The van der Waals surface area contributed by atoms with Crippen LogP contribution < -0.4 is 0 Å². The molecule has 3 fully saturated rings. The fourth-order valence-electron chi connectivity index (χ4n) is 7.77. The fourth-order valence-corrected chi connectivity index (χ4v) is 10.8. The second kappa shape index (κ2) is 6.93. The number of allylic oxidation sites excluding steroid dienone is 1. The van der Waals surface area contributed by atoms with Crippen LogP contribution in [-0.2, 0) is 9.22 Å². The van der Waals surface area contributed by atoms with Gasteiger partial charge in [0, 0.05) is 11.8 Å². The molecule has 0 amide bonds. The Morgan fingerprint density at radius 1 is 1.21 bits per heavy atom. The summed E-state index contributed by atoms with van der Waals surface area (Å²) in [5, 5.41) is 21.2. The van der Waals surface area contributed by atoms with Gasteiger partial charge in [0.05, 0.1) is 10.1 Å². The highest BCUT2D eigenvalue weighted by Crippen LogP contribution is 2.68. The summed E-state index contributed by atoms with van der Waals surface area (Å²) in [6, 6.07) is 0. The summed E-state index contributed by atoms with van der Waals surface area (Å²) in [6.07, 6.45) is 11.6. The van der Waals surface area contributed by atoms with Gasteiger partial charge >= 0.3 is 0 Å². The monoisotopic (exact) mass is 479 g/mol. The summed E-state index contributed by atoms with van der Waals surface area (Å²) in [5.74, 6) is 2.03. The molecule has 6 heteroatoms. The summed E-state index contributed by atoms with van der Waals surface area (Å²) >= 11 is 3.83. The number of alkyl halides is 1. The summed E-state index contributed by atoms with van der Waals surface area (Å²) < 4.78 is 5.32. The minimum absolute atomic E-state index is 0.157. The second-order valence-electron chi connectivity index (χ2n) is 11.0. The maximum atomic E-state index is 12.0. The highest BCUT2D eigenvalue weighted by atomic mass is 79.9. The van der Waals surface area contributed by atoms with Gasteiger partial charge in [-0.05, 0) is 87.3 Å². The van der Waals surface area contributed by atoms with Crippen LogP contribution in [0.25, 0.3) is 0 Å². The molecule has 3 unspecified atom stereocenters. The lowest BCUT2D eigenvalue weighted by Gasteiger charge is -2.60. The average Bonchev–Trinajstić information content (AvgIpc) is 2.94. The number of fused-ring (bicyclic) bond motifs is 5. The molecule has 0 aromatic carbocycles. The third kappa shape index (κ3) is 2.94. The first-order valence-corrected chi connectivity index (χ1v) is 15.1. The van der Waals surface area contributed by atoms with Crippen molar-refractivity contribution < 1.29 is 14.3 Å².